The summed E-state index contributed by atoms with van der Waals surface area (Å²) in [5, 5.41) is 3.48. The highest BCUT2D eigenvalue weighted by Crippen LogP contribution is 2.33. The lowest BCUT2D eigenvalue weighted by Crippen LogP contribution is -2.33. The van der Waals surface area contributed by atoms with Crippen LogP contribution in [0.15, 0.2) is 22.7 Å². The monoisotopic (exact) mass is 338 g/mol. The molecule has 0 bridgehead atoms. The lowest BCUT2D eigenvalue weighted by molar-refractivity contribution is 0.492. The van der Waals surface area contributed by atoms with E-state index >= 15 is 0 Å². The van der Waals surface area contributed by atoms with Gasteiger partial charge in [-0.25, -0.2) is 0 Å². The fourth-order valence-corrected chi connectivity index (χ4v) is 3.98. The Morgan fingerprint density at radius 2 is 2.10 bits per heavy atom. The Kier molecular flexibility index (Phi) is 5.50. The van der Waals surface area contributed by atoms with Gasteiger partial charge < -0.3 is 10.2 Å². The molecule has 0 radical (unpaired) electrons. The maximum absolute atomic E-state index is 3.76. The number of benzene rings is 1. The molecule has 0 aliphatic carbocycles. The molecule has 1 heterocycles. The lowest BCUT2D eigenvalue weighted by atomic mass is 10.0. The fourth-order valence-electron chi connectivity index (χ4n) is 3.27. The van der Waals surface area contributed by atoms with Gasteiger partial charge in [0.1, 0.15) is 0 Å². The second-order valence-electron chi connectivity index (χ2n) is 6.13. The van der Waals surface area contributed by atoms with Gasteiger partial charge in [0.25, 0.3) is 0 Å². The lowest BCUT2D eigenvalue weighted by Gasteiger charge is -2.30. The maximum atomic E-state index is 3.76. The predicted octanol–water partition coefficient (Wildman–Crippen LogP) is 4.74. The van der Waals surface area contributed by atoms with E-state index in [0.29, 0.717) is 12.1 Å². The molecule has 1 N–H and O–H groups in total. The summed E-state index contributed by atoms with van der Waals surface area (Å²) in [6, 6.07) is 7.93. The molecule has 0 amide bonds. The predicted molar refractivity (Wildman–Crippen MR) is 91.4 cm³/mol. The highest BCUT2D eigenvalue weighted by atomic mass is 79.9. The number of nitrogens with zero attached hydrogens (tertiary/aromatic N) is 1. The topological polar surface area (TPSA) is 15.3 Å². The summed E-state index contributed by atoms with van der Waals surface area (Å²) in [5.41, 5.74) is 2.71. The first-order chi connectivity index (χ1) is 9.54. The van der Waals surface area contributed by atoms with Crippen molar-refractivity contribution in [1.29, 1.82) is 0 Å². The van der Waals surface area contributed by atoms with Crippen LogP contribution in [0.2, 0.25) is 0 Å². The first kappa shape index (κ1) is 15.8. The van der Waals surface area contributed by atoms with E-state index in [4.69, 9.17) is 0 Å². The average molecular weight is 339 g/mol. The van der Waals surface area contributed by atoms with Gasteiger partial charge in [0.2, 0.25) is 0 Å². The third kappa shape index (κ3) is 3.37. The Morgan fingerprint density at radius 3 is 2.70 bits per heavy atom. The average Bonchev–Trinajstić information content (AvgIpc) is 2.88. The molecule has 3 heteroatoms. The van der Waals surface area contributed by atoms with Crippen LogP contribution in [0.3, 0.4) is 0 Å². The SMILES string of the molecule is CCNC(C)c1ccc(N2CCCC2C(C)C)cc1Br. The standard InChI is InChI=1S/C17H27BrN2/c1-5-19-13(4)15-9-8-14(11-16(15)18)20-10-6-7-17(20)12(2)3/h8-9,11-13,17,19H,5-7,10H2,1-4H3. The normalized spacial score (nSPS) is 20.7. The van der Waals surface area contributed by atoms with E-state index in [0.717, 1.165) is 12.5 Å². The van der Waals surface area contributed by atoms with E-state index in [-0.39, 0.29) is 0 Å². The van der Waals surface area contributed by atoms with E-state index in [9.17, 15) is 0 Å². The summed E-state index contributed by atoms with van der Waals surface area (Å²) in [5.74, 6) is 0.719. The Labute approximate surface area is 132 Å². The molecule has 1 aromatic rings. The van der Waals surface area contributed by atoms with Gasteiger partial charge in [-0.2, -0.15) is 0 Å². The van der Waals surface area contributed by atoms with E-state index < -0.39 is 0 Å². The summed E-state index contributed by atoms with van der Waals surface area (Å²) in [6.07, 6.45) is 2.64. The fraction of sp³-hybridized carbons (Fsp3) is 0.647. The molecule has 0 saturated carbocycles. The molecule has 0 aromatic heterocycles. The molecule has 2 rings (SSSR count). The number of halogens is 1. The van der Waals surface area contributed by atoms with Crippen LogP contribution < -0.4 is 10.2 Å². The van der Waals surface area contributed by atoms with Crippen molar-refractivity contribution in [3.63, 3.8) is 0 Å². The first-order valence-electron chi connectivity index (χ1n) is 7.84. The molecule has 1 aliphatic rings. The zero-order chi connectivity index (χ0) is 14.7. The summed E-state index contributed by atoms with van der Waals surface area (Å²) in [4.78, 5) is 2.58. The third-order valence-electron chi connectivity index (χ3n) is 4.36. The summed E-state index contributed by atoms with van der Waals surface area (Å²) in [7, 11) is 0. The molecule has 2 atom stereocenters. The van der Waals surface area contributed by atoms with E-state index in [2.05, 4.69) is 72.0 Å². The molecule has 2 nitrogen and oxygen atoms in total. The number of anilines is 1. The van der Waals surface area contributed by atoms with Crippen molar-refractivity contribution in [1.82, 2.24) is 5.32 Å². The Morgan fingerprint density at radius 1 is 1.35 bits per heavy atom. The number of nitrogens with one attached hydrogen (secondary N) is 1. The summed E-state index contributed by atoms with van der Waals surface area (Å²) < 4.78 is 1.22. The smallest absolute Gasteiger partial charge is 0.0380 e. The Hall–Kier alpha value is -0.540. The van der Waals surface area contributed by atoms with Crippen LogP contribution in [-0.2, 0) is 0 Å². The number of hydrogen-bond donors (Lipinski definition) is 1. The van der Waals surface area contributed by atoms with Crippen LogP contribution in [0.25, 0.3) is 0 Å². The minimum absolute atomic E-state index is 0.392. The highest BCUT2D eigenvalue weighted by molar-refractivity contribution is 9.10. The largest absolute Gasteiger partial charge is 0.368 e. The van der Waals surface area contributed by atoms with Gasteiger partial charge in [0.05, 0.1) is 0 Å². The second-order valence-corrected chi connectivity index (χ2v) is 6.99. The molecule has 112 valence electrons. The van der Waals surface area contributed by atoms with Crippen LogP contribution in [0.4, 0.5) is 5.69 Å². The van der Waals surface area contributed by atoms with E-state index in [1.165, 1.54) is 35.1 Å². The molecule has 1 aliphatic heterocycles. The van der Waals surface area contributed by atoms with E-state index in [1.807, 2.05) is 0 Å². The van der Waals surface area contributed by atoms with Crippen molar-refractivity contribution in [3.8, 4) is 0 Å². The quantitative estimate of drug-likeness (QED) is 0.833. The summed E-state index contributed by atoms with van der Waals surface area (Å²) >= 11 is 3.76. The Bertz CT molecular complexity index is 445. The maximum Gasteiger partial charge on any atom is 0.0380 e. The van der Waals surface area contributed by atoms with Gasteiger partial charge in [-0.3, -0.25) is 0 Å². The molecule has 1 aromatic carbocycles. The zero-order valence-corrected chi connectivity index (χ0v) is 14.7. The third-order valence-corrected chi connectivity index (χ3v) is 5.05. The molecule has 1 saturated heterocycles. The number of rotatable bonds is 5. The molecule has 1 fully saturated rings. The van der Waals surface area contributed by atoms with Gasteiger partial charge in [-0.05, 0) is 49.9 Å². The Balaban J connectivity index is 2.20. The van der Waals surface area contributed by atoms with Gasteiger partial charge in [0, 0.05) is 28.8 Å². The second kappa shape index (κ2) is 6.95. The molecule has 2 unspecified atom stereocenters. The molecular weight excluding hydrogens is 312 g/mol. The van der Waals surface area contributed by atoms with E-state index in [1.54, 1.807) is 0 Å². The van der Waals surface area contributed by atoms with Crippen molar-refractivity contribution in [3.05, 3.63) is 28.2 Å². The van der Waals surface area contributed by atoms with Crippen LogP contribution in [0.5, 0.6) is 0 Å². The van der Waals surface area contributed by atoms with Crippen LogP contribution in [-0.4, -0.2) is 19.1 Å². The van der Waals surface area contributed by atoms with Gasteiger partial charge in [0.15, 0.2) is 0 Å². The van der Waals surface area contributed by atoms with Crippen molar-refractivity contribution in [2.24, 2.45) is 5.92 Å². The minimum atomic E-state index is 0.392. The highest BCUT2D eigenvalue weighted by Gasteiger charge is 2.27. The zero-order valence-electron chi connectivity index (χ0n) is 13.1. The van der Waals surface area contributed by atoms with Gasteiger partial charge >= 0.3 is 0 Å². The van der Waals surface area contributed by atoms with Crippen molar-refractivity contribution >= 4 is 21.6 Å². The molecule has 20 heavy (non-hydrogen) atoms. The minimum Gasteiger partial charge on any atom is -0.368 e. The summed E-state index contributed by atoms with van der Waals surface area (Å²) in [6.45, 7) is 11.2. The number of hydrogen-bond acceptors (Lipinski definition) is 2. The van der Waals surface area contributed by atoms with Crippen molar-refractivity contribution < 1.29 is 0 Å². The van der Waals surface area contributed by atoms with Crippen molar-refractivity contribution in [2.75, 3.05) is 18.0 Å². The molecule has 0 spiro atoms. The first-order valence-corrected chi connectivity index (χ1v) is 8.63. The van der Waals surface area contributed by atoms with Crippen LogP contribution in [0, 0.1) is 5.92 Å². The van der Waals surface area contributed by atoms with Gasteiger partial charge in [-0.1, -0.05) is 42.8 Å². The molecular formula is C17H27BrN2. The van der Waals surface area contributed by atoms with Crippen LogP contribution >= 0.6 is 15.9 Å². The van der Waals surface area contributed by atoms with Crippen molar-refractivity contribution in [2.45, 2.75) is 52.6 Å². The van der Waals surface area contributed by atoms with Crippen LogP contribution in [0.1, 0.15) is 52.1 Å². The van der Waals surface area contributed by atoms with Gasteiger partial charge in [-0.15, -0.1) is 0 Å².